The van der Waals surface area contributed by atoms with Crippen molar-refractivity contribution in [1.29, 1.82) is 0 Å². The Balaban J connectivity index is 1.47. The second kappa shape index (κ2) is 9.07. The number of halogens is 1. The monoisotopic (exact) mass is 445 g/mol. The van der Waals surface area contributed by atoms with Crippen LogP contribution < -0.4 is 5.32 Å². The molecule has 3 heterocycles. The van der Waals surface area contributed by atoms with Crippen molar-refractivity contribution in [2.24, 2.45) is 0 Å². The number of rotatable bonds is 5. The Bertz CT molecular complexity index is 1010. The molecule has 2 amide bonds. The van der Waals surface area contributed by atoms with E-state index >= 15 is 0 Å². The average Bonchev–Trinajstić information content (AvgIpc) is 3.40. The number of carbonyl (C=O) groups is 2. The fourth-order valence-corrected chi connectivity index (χ4v) is 5.14. The first-order valence-electron chi connectivity index (χ1n) is 9.47. The molecule has 150 valence electrons. The molecule has 0 atom stereocenters. The van der Waals surface area contributed by atoms with Crippen molar-refractivity contribution in [2.45, 2.75) is 25.7 Å². The summed E-state index contributed by atoms with van der Waals surface area (Å²) in [6.07, 6.45) is 3.32. The van der Waals surface area contributed by atoms with E-state index in [-0.39, 0.29) is 18.2 Å². The van der Waals surface area contributed by atoms with E-state index in [0.717, 1.165) is 42.2 Å². The SMILES string of the molecule is O=C(Cc1csc(-c2cccs2)n1)Nc1cc(Cl)ccc1C(=O)N1CCCCC1. The molecule has 1 aliphatic rings. The minimum atomic E-state index is -0.219. The summed E-state index contributed by atoms with van der Waals surface area (Å²) in [6.45, 7) is 1.50. The number of thiophene rings is 1. The summed E-state index contributed by atoms with van der Waals surface area (Å²) in [5.41, 5.74) is 1.64. The minimum Gasteiger partial charge on any atom is -0.339 e. The highest BCUT2D eigenvalue weighted by Crippen LogP contribution is 2.28. The molecule has 1 saturated heterocycles. The van der Waals surface area contributed by atoms with Crippen LogP contribution in [0.4, 0.5) is 5.69 Å². The van der Waals surface area contributed by atoms with E-state index in [1.54, 1.807) is 29.5 Å². The number of benzene rings is 1. The Hall–Kier alpha value is -2.22. The predicted molar refractivity (Wildman–Crippen MR) is 119 cm³/mol. The van der Waals surface area contributed by atoms with Gasteiger partial charge in [-0.2, -0.15) is 0 Å². The molecule has 0 spiro atoms. The molecule has 1 aromatic carbocycles. The molecule has 3 aromatic rings. The fraction of sp³-hybridized carbons (Fsp3) is 0.286. The van der Waals surface area contributed by atoms with Crippen molar-refractivity contribution >= 4 is 51.8 Å². The van der Waals surface area contributed by atoms with Crippen LogP contribution in [0.5, 0.6) is 0 Å². The van der Waals surface area contributed by atoms with Crippen molar-refractivity contribution in [3.05, 3.63) is 57.4 Å². The lowest BCUT2D eigenvalue weighted by molar-refractivity contribution is -0.115. The molecule has 0 bridgehead atoms. The van der Waals surface area contributed by atoms with Gasteiger partial charge in [0.1, 0.15) is 5.01 Å². The number of hydrogen-bond acceptors (Lipinski definition) is 5. The molecular formula is C21H20ClN3O2S2. The molecule has 0 unspecified atom stereocenters. The van der Waals surface area contributed by atoms with Gasteiger partial charge < -0.3 is 10.2 Å². The molecule has 0 radical (unpaired) electrons. The summed E-state index contributed by atoms with van der Waals surface area (Å²) in [6, 6.07) is 9.00. The highest BCUT2D eigenvalue weighted by atomic mass is 35.5. The van der Waals surface area contributed by atoms with Crippen LogP contribution in [0.3, 0.4) is 0 Å². The van der Waals surface area contributed by atoms with Crippen LogP contribution in [-0.2, 0) is 11.2 Å². The number of nitrogens with one attached hydrogen (secondary N) is 1. The maximum atomic E-state index is 12.9. The predicted octanol–water partition coefficient (Wildman–Crippen LogP) is 5.33. The van der Waals surface area contributed by atoms with Crippen LogP contribution in [0.2, 0.25) is 5.02 Å². The topological polar surface area (TPSA) is 62.3 Å². The molecule has 1 N–H and O–H groups in total. The number of likely N-dealkylation sites (tertiary alicyclic amines) is 1. The number of piperidine rings is 1. The lowest BCUT2D eigenvalue weighted by Crippen LogP contribution is -2.36. The van der Waals surface area contributed by atoms with Gasteiger partial charge in [0.25, 0.3) is 5.91 Å². The van der Waals surface area contributed by atoms with Crippen LogP contribution >= 0.6 is 34.3 Å². The van der Waals surface area contributed by atoms with E-state index in [1.165, 1.54) is 11.3 Å². The van der Waals surface area contributed by atoms with Gasteiger partial charge in [-0.15, -0.1) is 22.7 Å². The van der Waals surface area contributed by atoms with Crippen LogP contribution in [0, 0.1) is 0 Å². The molecule has 0 saturated carbocycles. The van der Waals surface area contributed by atoms with Gasteiger partial charge >= 0.3 is 0 Å². The van der Waals surface area contributed by atoms with Crippen LogP contribution in [0.15, 0.2) is 41.1 Å². The quantitative estimate of drug-likeness (QED) is 0.577. The van der Waals surface area contributed by atoms with E-state index in [9.17, 15) is 9.59 Å². The van der Waals surface area contributed by atoms with Crippen molar-refractivity contribution in [3.63, 3.8) is 0 Å². The number of thiazole rings is 1. The zero-order valence-electron chi connectivity index (χ0n) is 15.7. The summed E-state index contributed by atoms with van der Waals surface area (Å²) in [4.78, 5) is 33.0. The number of hydrogen-bond donors (Lipinski definition) is 1. The third kappa shape index (κ3) is 4.86. The molecule has 2 aromatic heterocycles. The summed E-state index contributed by atoms with van der Waals surface area (Å²) in [5.74, 6) is -0.284. The minimum absolute atomic E-state index is 0.0645. The Labute approximate surface area is 182 Å². The number of carbonyl (C=O) groups excluding carboxylic acids is 2. The Morgan fingerprint density at radius 2 is 1.97 bits per heavy atom. The molecule has 1 aliphatic heterocycles. The van der Waals surface area contributed by atoms with Crippen LogP contribution in [0.1, 0.15) is 35.3 Å². The van der Waals surface area contributed by atoms with Crippen molar-refractivity contribution in [2.75, 3.05) is 18.4 Å². The number of nitrogens with zero attached hydrogens (tertiary/aromatic N) is 2. The second-order valence-corrected chi connectivity index (χ2v) is 9.13. The summed E-state index contributed by atoms with van der Waals surface area (Å²) >= 11 is 9.27. The molecular weight excluding hydrogens is 426 g/mol. The first-order chi connectivity index (χ1) is 14.1. The Morgan fingerprint density at radius 1 is 1.14 bits per heavy atom. The Morgan fingerprint density at radius 3 is 2.72 bits per heavy atom. The van der Waals surface area contributed by atoms with E-state index in [4.69, 9.17) is 11.6 Å². The largest absolute Gasteiger partial charge is 0.339 e. The second-order valence-electron chi connectivity index (χ2n) is 6.89. The van der Waals surface area contributed by atoms with Gasteiger partial charge in [-0.3, -0.25) is 9.59 Å². The summed E-state index contributed by atoms with van der Waals surface area (Å²) in [5, 5.41) is 8.14. The third-order valence-corrected chi connectivity index (χ3v) is 6.92. The highest BCUT2D eigenvalue weighted by molar-refractivity contribution is 7.20. The summed E-state index contributed by atoms with van der Waals surface area (Å²) in [7, 11) is 0. The molecule has 0 aliphatic carbocycles. The van der Waals surface area contributed by atoms with Crippen LogP contribution in [0.25, 0.3) is 9.88 Å². The van der Waals surface area contributed by atoms with Gasteiger partial charge in [0.15, 0.2) is 0 Å². The lowest BCUT2D eigenvalue weighted by Gasteiger charge is -2.27. The molecule has 8 heteroatoms. The van der Waals surface area contributed by atoms with Crippen LogP contribution in [-0.4, -0.2) is 34.8 Å². The molecule has 4 rings (SSSR count). The highest BCUT2D eigenvalue weighted by Gasteiger charge is 2.22. The number of aromatic nitrogens is 1. The van der Waals surface area contributed by atoms with Crippen molar-refractivity contribution < 1.29 is 9.59 Å². The molecule has 5 nitrogen and oxygen atoms in total. The smallest absolute Gasteiger partial charge is 0.255 e. The van der Waals surface area contributed by atoms with E-state index in [2.05, 4.69) is 10.3 Å². The van der Waals surface area contributed by atoms with Crippen molar-refractivity contribution in [3.8, 4) is 9.88 Å². The zero-order chi connectivity index (χ0) is 20.2. The molecule has 29 heavy (non-hydrogen) atoms. The molecule has 1 fully saturated rings. The Kier molecular flexibility index (Phi) is 6.28. The van der Waals surface area contributed by atoms with Gasteiger partial charge in [0.05, 0.1) is 28.2 Å². The van der Waals surface area contributed by atoms with E-state index in [1.807, 2.05) is 27.8 Å². The standard InChI is InChI=1S/C21H20ClN3O2S2/c22-14-6-7-16(21(27)25-8-2-1-3-9-25)17(11-14)24-19(26)12-15-13-29-20(23-15)18-5-4-10-28-18/h4-7,10-11,13H,1-3,8-9,12H2,(H,24,26). The van der Waals surface area contributed by atoms with Crippen molar-refractivity contribution in [1.82, 2.24) is 9.88 Å². The maximum Gasteiger partial charge on any atom is 0.255 e. The zero-order valence-corrected chi connectivity index (χ0v) is 18.1. The van der Waals surface area contributed by atoms with Gasteiger partial charge in [0.2, 0.25) is 5.91 Å². The first-order valence-corrected chi connectivity index (χ1v) is 11.6. The normalized spacial score (nSPS) is 14.0. The lowest BCUT2D eigenvalue weighted by atomic mass is 10.1. The maximum absolute atomic E-state index is 12.9. The van der Waals surface area contributed by atoms with E-state index in [0.29, 0.717) is 22.0 Å². The third-order valence-electron chi connectivity index (χ3n) is 4.75. The number of anilines is 1. The average molecular weight is 446 g/mol. The van der Waals surface area contributed by atoms with Gasteiger partial charge in [-0.1, -0.05) is 17.7 Å². The first kappa shape index (κ1) is 20.1. The summed E-state index contributed by atoms with van der Waals surface area (Å²) < 4.78 is 0. The fourth-order valence-electron chi connectivity index (χ4n) is 3.33. The van der Waals surface area contributed by atoms with Gasteiger partial charge in [0, 0.05) is 23.5 Å². The number of amides is 2. The van der Waals surface area contributed by atoms with Gasteiger partial charge in [-0.05, 0) is 48.9 Å². The van der Waals surface area contributed by atoms with E-state index < -0.39 is 0 Å². The van der Waals surface area contributed by atoms with Gasteiger partial charge in [-0.25, -0.2) is 4.98 Å².